The summed E-state index contributed by atoms with van der Waals surface area (Å²) in [6.45, 7) is 13.9. The lowest BCUT2D eigenvalue weighted by atomic mass is 10.0. The van der Waals surface area contributed by atoms with Gasteiger partial charge in [0.25, 0.3) is 0 Å². The van der Waals surface area contributed by atoms with Crippen molar-refractivity contribution in [1.29, 1.82) is 0 Å². The van der Waals surface area contributed by atoms with Gasteiger partial charge in [0, 0.05) is 6.04 Å². The molecule has 19 heavy (non-hydrogen) atoms. The number of hydrogen-bond acceptors (Lipinski definition) is 1. The summed E-state index contributed by atoms with van der Waals surface area (Å²) >= 11 is 0. The second-order valence-electron chi connectivity index (χ2n) is 5.57. The average molecular weight is 263 g/mol. The third-order valence-corrected chi connectivity index (χ3v) is 3.69. The summed E-state index contributed by atoms with van der Waals surface area (Å²) in [4.78, 5) is 2.53. The first-order valence-electron chi connectivity index (χ1n) is 7.71. The standard InChI is InChI=1S/C18H33N/c1-7-10-14-19(6)18(9-3)13-12-17(5)15-16(4)11-8-2/h8,11,15,18H,2,7,9-10,12-14H2,1,3-6H3/b16-11-,17-15+. The molecule has 0 aliphatic heterocycles. The van der Waals surface area contributed by atoms with E-state index < -0.39 is 0 Å². The third kappa shape index (κ3) is 8.83. The zero-order chi connectivity index (χ0) is 14.7. The Balaban J connectivity index is 4.26. The minimum atomic E-state index is 0.721. The minimum absolute atomic E-state index is 0.721. The molecule has 1 unspecified atom stereocenters. The smallest absolute Gasteiger partial charge is 0.00926 e. The van der Waals surface area contributed by atoms with Crippen LogP contribution in [0.1, 0.15) is 59.8 Å². The molecule has 0 saturated heterocycles. The van der Waals surface area contributed by atoms with Crippen LogP contribution in [0.2, 0.25) is 0 Å². The monoisotopic (exact) mass is 263 g/mol. The molecule has 0 aromatic rings. The Morgan fingerprint density at radius 3 is 2.47 bits per heavy atom. The first-order valence-corrected chi connectivity index (χ1v) is 7.71. The van der Waals surface area contributed by atoms with Crippen LogP contribution in [-0.4, -0.2) is 24.5 Å². The van der Waals surface area contributed by atoms with E-state index in [0.717, 1.165) is 6.04 Å². The van der Waals surface area contributed by atoms with Crippen molar-refractivity contribution < 1.29 is 0 Å². The molecule has 0 aliphatic carbocycles. The van der Waals surface area contributed by atoms with Gasteiger partial charge < -0.3 is 4.90 Å². The van der Waals surface area contributed by atoms with E-state index in [4.69, 9.17) is 0 Å². The highest BCUT2D eigenvalue weighted by Gasteiger charge is 2.11. The second-order valence-corrected chi connectivity index (χ2v) is 5.57. The summed E-state index contributed by atoms with van der Waals surface area (Å²) in [6.07, 6.45) is 12.5. The van der Waals surface area contributed by atoms with Gasteiger partial charge in [0.1, 0.15) is 0 Å². The fourth-order valence-corrected chi connectivity index (χ4v) is 2.42. The molecule has 0 aromatic carbocycles. The third-order valence-electron chi connectivity index (χ3n) is 3.69. The summed E-state index contributed by atoms with van der Waals surface area (Å²) in [6, 6.07) is 0.721. The van der Waals surface area contributed by atoms with Crippen LogP contribution >= 0.6 is 0 Å². The van der Waals surface area contributed by atoms with E-state index in [9.17, 15) is 0 Å². The van der Waals surface area contributed by atoms with Crippen molar-refractivity contribution in [3.63, 3.8) is 0 Å². The lowest BCUT2D eigenvalue weighted by Gasteiger charge is -2.27. The zero-order valence-corrected chi connectivity index (χ0v) is 13.7. The van der Waals surface area contributed by atoms with Crippen molar-refractivity contribution in [2.45, 2.75) is 65.8 Å². The molecule has 0 radical (unpaired) electrons. The Hall–Kier alpha value is -0.820. The van der Waals surface area contributed by atoms with Crippen LogP contribution < -0.4 is 0 Å². The Morgan fingerprint density at radius 1 is 1.26 bits per heavy atom. The van der Waals surface area contributed by atoms with Gasteiger partial charge in [0.15, 0.2) is 0 Å². The Morgan fingerprint density at radius 2 is 1.95 bits per heavy atom. The van der Waals surface area contributed by atoms with E-state index in [1.165, 1.54) is 49.8 Å². The van der Waals surface area contributed by atoms with E-state index in [1.54, 1.807) is 0 Å². The number of unbranched alkanes of at least 4 members (excludes halogenated alkanes) is 1. The molecule has 1 heteroatoms. The topological polar surface area (TPSA) is 3.24 Å². The first-order chi connectivity index (χ1) is 9.04. The maximum Gasteiger partial charge on any atom is 0.00926 e. The SMILES string of the molecule is C=C/C=C(C)\C=C(/C)CCC(CC)N(C)CCCC. The summed E-state index contributed by atoms with van der Waals surface area (Å²) < 4.78 is 0. The quantitative estimate of drug-likeness (QED) is 0.480. The van der Waals surface area contributed by atoms with Crippen molar-refractivity contribution in [2.75, 3.05) is 13.6 Å². The van der Waals surface area contributed by atoms with E-state index >= 15 is 0 Å². The van der Waals surface area contributed by atoms with Crippen LogP contribution in [0.25, 0.3) is 0 Å². The number of allylic oxidation sites excluding steroid dienone is 5. The van der Waals surface area contributed by atoms with Crippen LogP contribution in [0, 0.1) is 0 Å². The predicted molar refractivity (Wildman–Crippen MR) is 88.6 cm³/mol. The highest BCUT2D eigenvalue weighted by Crippen LogP contribution is 2.15. The van der Waals surface area contributed by atoms with Crippen LogP contribution in [0.5, 0.6) is 0 Å². The van der Waals surface area contributed by atoms with E-state index in [2.05, 4.69) is 58.4 Å². The molecule has 0 N–H and O–H groups in total. The lowest BCUT2D eigenvalue weighted by molar-refractivity contribution is 0.221. The Kier molecular flexibility index (Phi) is 10.6. The summed E-state index contributed by atoms with van der Waals surface area (Å²) in [5, 5.41) is 0. The average Bonchev–Trinajstić information content (AvgIpc) is 2.37. The molecular weight excluding hydrogens is 230 g/mol. The van der Waals surface area contributed by atoms with Crippen LogP contribution in [-0.2, 0) is 0 Å². The molecule has 0 saturated carbocycles. The van der Waals surface area contributed by atoms with Crippen LogP contribution in [0.15, 0.2) is 36.0 Å². The molecule has 0 heterocycles. The second kappa shape index (κ2) is 11.0. The van der Waals surface area contributed by atoms with Crippen molar-refractivity contribution in [1.82, 2.24) is 4.90 Å². The van der Waals surface area contributed by atoms with Crippen LogP contribution in [0.4, 0.5) is 0 Å². The fourth-order valence-electron chi connectivity index (χ4n) is 2.42. The van der Waals surface area contributed by atoms with Gasteiger partial charge >= 0.3 is 0 Å². The van der Waals surface area contributed by atoms with Crippen molar-refractivity contribution in [3.8, 4) is 0 Å². The summed E-state index contributed by atoms with van der Waals surface area (Å²) in [5.41, 5.74) is 2.76. The maximum absolute atomic E-state index is 3.73. The van der Waals surface area contributed by atoms with Crippen molar-refractivity contribution in [3.05, 3.63) is 36.0 Å². The van der Waals surface area contributed by atoms with Gasteiger partial charge in [-0.2, -0.15) is 0 Å². The highest BCUT2D eigenvalue weighted by atomic mass is 15.1. The van der Waals surface area contributed by atoms with Gasteiger partial charge in [-0.25, -0.2) is 0 Å². The van der Waals surface area contributed by atoms with Gasteiger partial charge in [-0.1, -0.05) is 56.2 Å². The van der Waals surface area contributed by atoms with Gasteiger partial charge in [-0.05, 0) is 53.1 Å². The van der Waals surface area contributed by atoms with Crippen molar-refractivity contribution in [2.24, 2.45) is 0 Å². The number of hydrogen-bond donors (Lipinski definition) is 0. The van der Waals surface area contributed by atoms with Crippen molar-refractivity contribution >= 4 is 0 Å². The van der Waals surface area contributed by atoms with Gasteiger partial charge in [0.2, 0.25) is 0 Å². The molecule has 110 valence electrons. The first kappa shape index (κ1) is 18.2. The maximum atomic E-state index is 3.73. The summed E-state index contributed by atoms with van der Waals surface area (Å²) in [7, 11) is 2.27. The van der Waals surface area contributed by atoms with E-state index in [1.807, 2.05) is 6.08 Å². The largest absolute Gasteiger partial charge is 0.303 e. The predicted octanol–water partition coefficient (Wildman–Crippen LogP) is 5.36. The molecule has 0 rings (SSSR count). The molecule has 0 fully saturated rings. The van der Waals surface area contributed by atoms with Crippen LogP contribution in [0.3, 0.4) is 0 Å². The lowest BCUT2D eigenvalue weighted by Crippen LogP contribution is -2.32. The Labute approximate surface area is 121 Å². The number of rotatable bonds is 10. The molecule has 0 aromatic heterocycles. The van der Waals surface area contributed by atoms with Gasteiger partial charge in [0.05, 0.1) is 0 Å². The molecule has 1 nitrogen and oxygen atoms in total. The van der Waals surface area contributed by atoms with Gasteiger partial charge in [-0.15, -0.1) is 0 Å². The molecule has 0 spiro atoms. The Bertz CT molecular complexity index is 299. The molecule has 0 aliphatic rings. The molecular formula is C18H33N. The highest BCUT2D eigenvalue weighted by molar-refractivity contribution is 5.24. The molecule has 1 atom stereocenters. The van der Waals surface area contributed by atoms with E-state index in [0.29, 0.717) is 0 Å². The van der Waals surface area contributed by atoms with E-state index in [-0.39, 0.29) is 0 Å². The minimum Gasteiger partial charge on any atom is -0.303 e. The zero-order valence-electron chi connectivity index (χ0n) is 13.7. The van der Waals surface area contributed by atoms with Gasteiger partial charge in [-0.3, -0.25) is 0 Å². The number of nitrogens with zero attached hydrogens (tertiary/aromatic N) is 1. The summed E-state index contributed by atoms with van der Waals surface area (Å²) in [5.74, 6) is 0. The molecule has 0 amide bonds. The fraction of sp³-hybridized carbons (Fsp3) is 0.667. The normalized spacial score (nSPS) is 14.8. The molecule has 0 bridgehead atoms.